The molecule has 0 bridgehead atoms. The van der Waals surface area contributed by atoms with Gasteiger partial charge in [0.1, 0.15) is 21.5 Å². The Morgan fingerprint density at radius 3 is 1.39 bits per heavy atom. The zero-order valence-corrected chi connectivity index (χ0v) is 43.0. The van der Waals surface area contributed by atoms with Crippen LogP contribution in [0.1, 0.15) is 49.9 Å². The maximum absolute atomic E-state index is 12.8. The predicted octanol–water partition coefficient (Wildman–Crippen LogP) is 9.28. The van der Waals surface area contributed by atoms with Crippen LogP contribution in [0.15, 0.2) is 95.0 Å². The van der Waals surface area contributed by atoms with Crippen molar-refractivity contribution in [1.29, 1.82) is 0 Å². The molecule has 2 heterocycles. The predicted molar refractivity (Wildman–Crippen MR) is 276 cm³/mol. The molecule has 6 N–H and O–H groups in total. The van der Waals surface area contributed by atoms with E-state index in [0.717, 1.165) is 29.7 Å². The van der Waals surface area contributed by atoms with Crippen molar-refractivity contribution in [1.82, 2.24) is 30.6 Å². The number of hydrogen-bond acceptors (Lipinski definition) is 16. The van der Waals surface area contributed by atoms with Crippen molar-refractivity contribution >= 4 is 95.6 Å². The molecule has 0 fully saturated rings. The number of aryl methyl sites for hydroxylation is 2. The molecule has 6 rings (SSSR count). The van der Waals surface area contributed by atoms with E-state index >= 15 is 0 Å². The van der Waals surface area contributed by atoms with E-state index in [4.69, 9.17) is 32.7 Å². The van der Waals surface area contributed by atoms with Gasteiger partial charge in [-0.25, -0.2) is 26.8 Å². The van der Waals surface area contributed by atoms with Crippen molar-refractivity contribution in [2.45, 2.75) is 74.7 Å². The largest absolute Gasteiger partial charge is 0.495 e. The maximum atomic E-state index is 12.8. The van der Waals surface area contributed by atoms with Crippen molar-refractivity contribution in [2.75, 3.05) is 55.6 Å². The standard InChI is InChI=1S/C24H28ClN5O4S.C24H30ClN5O3S/c1-15(2)35(32,33)22-8-6-5-7-19(22)28-23-18(25)13-27-24(30-23)29-20-11-16(3)17(9-10-26-14-31)12-21(20)34-4;1-15(2)34(31,32)22-9-7-6-8-19(22)28-23-18(25)14-27-24(30-23)29-20-12-16(3)17(10-11-26-4)13-21(20)33-5/h5-8,11-15H,9-10H2,1-4H3,(H,26,31)(H2,27,28,29,30);6-9,12-15,26H,10-11H2,1-5H3,(H2,27,28,29,30). The molecule has 0 unspecified atom stereocenters. The summed E-state index contributed by atoms with van der Waals surface area (Å²) in [6, 6.07) is 21.1. The second kappa shape index (κ2) is 24.3. The second-order valence-corrected chi connectivity index (χ2v) is 21.9. The van der Waals surface area contributed by atoms with Crippen LogP contribution in [0.3, 0.4) is 0 Å². The lowest BCUT2D eigenvalue weighted by Gasteiger charge is -2.16. The lowest BCUT2D eigenvalue weighted by atomic mass is 10.0. The van der Waals surface area contributed by atoms with Crippen LogP contribution in [0, 0.1) is 13.8 Å². The molecule has 69 heavy (non-hydrogen) atoms. The van der Waals surface area contributed by atoms with Crippen LogP contribution in [-0.4, -0.2) is 88.0 Å². The van der Waals surface area contributed by atoms with Gasteiger partial charge in [0.15, 0.2) is 31.3 Å². The summed E-state index contributed by atoms with van der Waals surface area (Å²) in [5.74, 6) is 2.32. The second-order valence-electron chi connectivity index (χ2n) is 16.1. The number of carbonyl (C=O) groups is 1. The number of carbonyl (C=O) groups excluding carboxylic acids is 1. The summed E-state index contributed by atoms with van der Waals surface area (Å²) in [5.41, 5.74) is 6.44. The Morgan fingerprint density at radius 2 is 1.01 bits per heavy atom. The summed E-state index contributed by atoms with van der Waals surface area (Å²) >= 11 is 12.7. The monoisotopic (exact) mass is 1020 g/mol. The van der Waals surface area contributed by atoms with Crippen LogP contribution in [0.2, 0.25) is 10.0 Å². The fourth-order valence-corrected chi connectivity index (χ4v) is 9.41. The van der Waals surface area contributed by atoms with Gasteiger partial charge in [-0.15, -0.1) is 0 Å². The molecular weight excluding hydrogens is 964 g/mol. The van der Waals surface area contributed by atoms with Crippen molar-refractivity contribution < 1.29 is 31.1 Å². The molecule has 2 aromatic heterocycles. The maximum Gasteiger partial charge on any atom is 0.229 e. The van der Waals surface area contributed by atoms with Gasteiger partial charge in [-0.1, -0.05) is 47.5 Å². The number of halogens is 2. The summed E-state index contributed by atoms with van der Waals surface area (Å²) in [5, 5.41) is 17.6. The molecular formula is C48H58Cl2N10O7S2. The van der Waals surface area contributed by atoms with Gasteiger partial charge in [-0.3, -0.25) is 4.79 Å². The summed E-state index contributed by atoms with van der Waals surface area (Å²) < 4.78 is 62.3. The van der Waals surface area contributed by atoms with E-state index < -0.39 is 30.2 Å². The minimum atomic E-state index is -3.53. The highest BCUT2D eigenvalue weighted by Gasteiger charge is 2.25. The molecule has 0 spiro atoms. The normalized spacial score (nSPS) is 11.4. The van der Waals surface area contributed by atoms with Crippen LogP contribution in [-0.2, 0) is 37.3 Å². The van der Waals surface area contributed by atoms with Gasteiger partial charge in [0.05, 0.1) is 69.7 Å². The third kappa shape index (κ3) is 13.7. The van der Waals surface area contributed by atoms with Gasteiger partial charge in [0.2, 0.25) is 18.3 Å². The van der Waals surface area contributed by atoms with Crippen molar-refractivity contribution in [3.05, 3.63) is 117 Å². The summed E-state index contributed by atoms with van der Waals surface area (Å²) in [6.45, 7) is 11.9. The van der Waals surface area contributed by atoms with Gasteiger partial charge in [0.25, 0.3) is 0 Å². The molecule has 1 amide bonds. The van der Waals surface area contributed by atoms with Crippen LogP contribution >= 0.6 is 23.2 Å². The molecule has 6 aromatic rings. The molecule has 0 aliphatic rings. The topological polar surface area (TPSA) is 228 Å². The minimum Gasteiger partial charge on any atom is -0.495 e. The van der Waals surface area contributed by atoms with E-state index in [1.807, 2.05) is 45.2 Å². The number of benzene rings is 4. The molecule has 0 radical (unpaired) electrons. The number of hydrogen-bond donors (Lipinski definition) is 6. The molecule has 0 aliphatic carbocycles. The molecule has 4 aromatic carbocycles. The summed E-state index contributed by atoms with van der Waals surface area (Å²) in [6.07, 6.45) is 5.09. The van der Waals surface area contributed by atoms with Gasteiger partial charge in [-0.05, 0) is 139 Å². The first-order valence-electron chi connectivity index (χ1n) is 21.8. The summed E-state index contributed by atoms with van der Waals surface area (Å²) in [4.78, 5) is 28.3. The number of methoxy groups -OCH3 is 2. The molecule has 17 nitrogen and oxygen atoms in total. The fourth-order valence-electron chi connectivity index (χ4n) is 6.73. The number of amides is 1. The highest BCUT2D eigenvalue weighted by molar-refractivity contribution is 7.92. The van der Waals surface area contributed by atoms with Crippen molar-refractivity contribution in [3.63, 3.8) is 0 Å². The number of para-hydroxylation sites is 2. The minimum absolute atomic E-state index is 0.163. The zero-order valence-electron chi connectivity index (χ0n) is 39.9. The average molecular weight is 1020 g/mol. The van der Waals surface area contributed by atoms with Crippen LogP contribution in [0.5, 0.6) is 11.5 Å². The number of anilines is 8. The molecule has 0 saturated heterocycles. The van der Waals surface area contributed by atoms with E-state index in [9.17, 15) is 21.6 Å². The Labute approximate surface area is 414 Å². The summed E-state index contributed by atoms with van der Waals surface area (Å²) in [7, 11) is -1.95. The van der Waals surface area contributed by atoms with Gasteiger partial charge in [-0.2, -0.15) is 9.97 Å². The Kier molecular flexibility index (Phi) is 18.9. The number of ether oxygens (including phenoxy) is 2. The third-order valence-corrected chi connectivity index (χ3v) is 15.7. The van der Waals surface area contributed by atoms with E-state index in [2.05, 4.69) is 51.8 Å². The first-order chi connectivity index (χ1) is 32.8. The molecule has 0 aliphatic heterocycles. The number of rotatable bonds is 21. The molecule has 368 valence electrons. The Bertz CT molecular complexity index is 2980. The van der Waals surface area contributed by atoms with E-state index in [-0.39, 0.29) is 43.4 Å². The van der Waals surface area contributed by atoms with Gasteiger partial charge < -0.3 is 41.4 Å². The lowest BCUT2D eigenvalue weighted by Crippen LogP contribution is -2.15. The fraction of sp³-hybridized carbons (Fsp3) is 0.312. The van der Waals surface area contributed by atoms with Crippen LogP contribution in [0.4, 0.5) is 46.3 Å². The van der Waals surface area contributed by atoms with Crippen LogP contribution < -0.4 is 41.4 Å². The van der Waals surface area contributed by atoms with Crippen molar-refractivity contribution in [2.24, 2.45) is 0 Å². The number of aromatic nitrogens is 4. The quantitative estimate of drug-likeness (QED) is 0.0292. The van der Waals surface area contributed by atoms with Crippen LogP contribution in [0.25, 0.3) is 0 Å². The molecule has 21 heteroatoms. The van der Waals surface area contributed by atoms with E-state index in [0.29, 0.717) is 53.6 Å². The number of nitrogens with zero attached hydrogens (tertiary/aromatic N) is 4. The number of sulfone groups is 2. The zero-order chi connectivity index (χ0) is 50.5. The SMILES string of the molecule is CNCCc1cc(OC)c(Nc2ncc(Cl)c(Nc3ccccc3S(=O)(=O)C(C)C)n2)cc1C.COc1cc(CCNC=O)c(C)cc1Nc1ncc(Cl)c(Nc2ccccc2S(=O)(=O)C(C)C)n1. The average Bonchev–Trinajstić information content (AvgIpc) is 3.32. The van der Waals surface area contributed by atoms with E-state index in [1.54, 1.807) is 90.4 Å². The lowest BCUT2D eigenvalue weighted by molar-refractivity contribution is -0.109. The Hall–Kier alpha value is -6.25. The number of nitrogens with one attached hydrogen (secondary N) is 6. The third-order valence-electron chi connectivity index (χ3n) is 10.7. The number of likely N-dealkylation sites (N-methyl/N-ethyl adjacent to an activating group) is 1. The highest BCUT2D eigenvalue weighted by atomic mass is 35.5. The molecule has 0 saturated carbocycles. The Morgan fingerprint density at radius 1 is 0.609 bits per heavy atom. The van der Waals surface area contributed by atoms with E-state index in [1.165, 1.54) is 18.0 Å². The molecule has 0 atom stereocenters. The first-order valence-corrected chi connectivity index (χ1v) is 25.6. The first kappa shape index (κ1) is 53.7. The Balaban J connectivity index is 0.000000258. The van der Waals surface area contributed by atoms with Gasteiger partial charge >= 0.3 is 0 Å². The highest BCUT2D eigenvalue weighted by Crippen LogP contribution is 2.35. The smallest absolute Gasteiger partial charge is 0.229 e. The van der Waals surface area contributed by atoms with Gasteiger partial charge in [0, 0.05) is 6.54 Å². The van der Waals surface area contributed by atoms with Crippen molar-refractivity contribution in [3.8, 4) is 11.5 Å².